The van der Waals surface area contributed by atoms with Gasteiger partial charge in [-0.1, -0.05) is 6.92 Å². The highest BCUT2D eigenvalue weighted by atomic mass is 16.6. The van der Waals surface area contributed by atoms with Gasteiger partial charge in [0.15, 0.2) is 0 Å². The third kappa shape index (κ3) is 3.75. The first kappa shape index (κ1) is 14.9. The average Bonchev–Trinajstić information content (AvgIpc) is 2.94. The summed E-state index contributed by atoms with van der Waals surface area (Å²) in [6.45, 7) is 4.71. The predicted molar refractivity (Wildman–Crippen MR) is 79.7 cm³/mol. The fraction of sp³-hybridized carbons (Fsp3) is 0.333. The molecule has 0 aliphatic carbocycles. The number of nitrogens with one attached hydrogen (secondary N) is 1. The summed E-state index contributed by atoms with van der Waals surface area (Å²) >= 11 is 0. The van der Waals surface area contributed by atoms with Crippen LogP contribution in [-0.4, -0.2) is 11.5 Å². The van der Waals surface area contributed by atoms with Crippen molar-refractivity contribution in [2.24, 2.45) is 0 Å². The van der Waals surface area contributed by atoms with Gasteiger partial charge in [-0.25, -0.2) is 0 Å². The molecule has 6 heteroatoms. The third-order valence-corrected chi connectivity index (χ3v) is 3.00. The number of hydrogen-bond donors (Lipinski definition) is 1. The van der Waals surface area contributed by atoms with E-state index in [1.165, 1.54) is 6.07 Å². The van der Waals surface area contributed by atoms with E-state index < -0.39 is 4.92 Å². The molecule has 2 rings (SSSR count). The Kier molecular flexibility index (Phi) is 4.81. The Bertz CT molecular complexity index is 622. The van der Waals surface area contributed by atoms with Gasteiger partial charge >= 0.3 is 0 Å². The minimum atomic E-state index is -0.426. The topological polar surface area (TPSA) is 77.5 Å². The van der Waals surface area contributed by atoms with Crippen LogP contribution >= 0.6 is 0 Å². The number of nitro groups is 1. The van der Waals surface area contributed by atoms with Crippen LogP contribution in [0.1, 0.15) is 25.4 Å². The standard InChI is InChI=1S/C15H18N2O4/c1-3-11-5-6-13(21-11)10-16-14-8-7-12(20-4-2)9-15(14)17(18)19/h5-9,16H,3-4,10H2,1-2H3. The molecule has 1 N–H and O–H groups in total. The first-order valence-electron chi connectivity index (χ1n) is 6.86. The van der Waals surface area contributed by atoms with Crippen molar-refractivity contribution in [3.8, 4) is 5.75 Å². The minimum absolute atomic E-state index is 0.0109. The van der Waals surface area contributed by atoms with E-state index in [-0.39, 0.29) is 5.69 Å². The quantitative estimate of drug-likeness (QED) is 0.620. The average molecular weight is 290 g/mol. The highest BCUT2D eigenvalue weighted by Crippen LogP contribution is 2.29. The zero-order valence-electron chi connectivity index (χ0n) is 12.1. The van der Waals surface area contributed by atoms with E-state index in [9.17, 15) is 10.1 Å². The number of nitro benzene ring substituents is 1. The first-order valence-corrected chi connectivity index (χ1v) is 6.86. The van der Waals surface area contributed by atoms with Crippen LogP contribution in [0.3, 0.4) is 0 Å². The Morgan fingerprint density at radius 1 is 1.24 bits per heavy atom. The number of benzene rings is 1. The van der Waals surface area contributed by atoms with E-state index >= 15 is 0 Å². The van der Waals surface area contributed by atoms with Crippen LogP contribution in [0.2, 0.25) is 0 Å². The van der Waals surface area contributed by atoms with Crippen LogP contribution in [-0.2, 0) is 13.0 Å². The van der Waals surface area contributed by atoms with Crippen molar-refractivity contribution < 1.29 is 14.1 Å². The Morgan fingerprint density at radius 3 is 2.62 bits per heavy atom. The van der Waals surface area contributed by atoms with Crippen molar-refractivity contribution in [3.05, 3.63) is 52.0 Å². The smallest absolute Gasteiger partial charge is 0.296 e. The predicted octanol–water partition coefficient (Wildman–Crippen LogP) is 3.76. The number of anilines is 1. The van der Waals surface area contributed by atoms with Crippen molar-refractivity contribution in [3.63, 3.8) is 0 Å². The van der Waals surface area contributed by atoms with Gasteiger partial charge in [0.2, 0.25) is 0 Å². The second-order valence-electron chi connectivity index (χ2n) is 4.44. The molecule has 0 saturated carbocycles. The molecule has 6 nitrogen and oxygen atoms in total. The molecule has 1 heterocycles. The molecule has 0 atom stereocenters. The summed E-state index contributed by atoms with van der Waals surface area (Å²) in [5, 5.41) is 14.2. The van der Waals surface area contributed by atoms with Gasteiger partial charge in [0.25, 0.3) is 5.69 Å². The zero-order chi connectivity index (χ0) is 15.2. The zero-order valence-corrected chi connectivity index (χ0v) is 12.1. The van der Waals surface area contributed by atoms with Gasteiger partial charge in [0, 0.05) is 6.42 Å². The lowest BCUT2D eigenvalue weighted by molar-refractivity contribution is -0.384. The minimum Gasteiger partial charge on any atom is -0.494 e. The van der Waals surface area contributed by atoms with Crippen molar-refractivity contribution in [1.29, 1.82) is 0 Å². The molecule has 1 aromatic heterocycles. The summed E-state index contributed by atoms with van der Waals surface area (Å²) in [5.41, 5.74) is 0.432. The molecule has 0 aliphatic rings. The summed E-state index contributed by atoms with van der Waals surface area (Å²) in [5.74, 6) is 2.13. The number of hydrogen-bond acceptors (Lipinski definition) is 5. The van der Waals surface area contributed by atoms with Gasteiger partial charge in [0.1, 0.15) is 23.0 Å². The van der Waals surface area contributed by atoms with E-state index in [0.717, 1.165) is 17.9 Å². The maximum absolute atomic E-state index is 11.1. The summed E-state index contributed by atoms with van der Waals surface area (Å²) in [4.78, 5) is 10.7. The van der Waals surface area contributed by atoms with Crippen molar-refractivity contribution in [2.75, 3.05) is 11.9 Å². The second kappa shape index (κ2) is 6.78. The lowest BCUT2D eigenvalue weighted by Gasteiger charge is -2.08. The lowest BCUT2D eigenvalue weighted by atomic mass is 10.2. The third-order valence-electron chi connectivity index (χ3n) is 3.00. The SMILES string of the molecule is CCOc1ccc(NCc2ccc(CC)o2)c([N+](=O)[O-])c1. The van der Waals surface area contributed by atoms with Crippen LogP contribution in [0.4, 0.5) is 11.4 Å². The fourth-order valence-corrected chi connectivity index (χ4v) is 1.96. The van der Waals surface area contributed by atoms with Crippen LogP contribution in [0.25, 0.3) is 0 Å². The Balaban J connectivity index is 2.13. The van der Waals surface area contributed by atoms with Gasteiger partial charge in [0.05, 0.1) is 24.1 Å². The fourth-order valence-electron chi connectivity index (χ4n) is 1.96. The normalized spacial score (nSPS) is 10.4. The van der Waals surface area contributed by atoms with Crippen molar-refractivity contribution in [1.82, 2.24) is 0 Å². The summed E-state index contributed by atoms with van der Waals surface area (Å²) in [6.07, 6.45) is 0.823. The summed E-state index contributed by atoms with van der Waals surface area (Å²) < 4.78 is 10.8. The first-order chi connectivity index (χ1) is 10.1. The van der Waals surface area contributed by atoms with Crippen LogP contribution in [0.15, 0.2) is 34.7 Å². The summed E-state index contributed by atoms with van der Waals surface area (Å²) in [7, 11) is 0. The molecule has 0 fully saturated rings. The van der Waals surface area contributed by atoms with Gasteiger partial charge in [-0.3, -0.25) is 10.1 Å². The number of aryl methyl sites for hydroxylation is 1. The number of rotatable bonds is 7. The highest BCUT2D eigenvalue weighted by molar-refractivity contribution is 5.63. The molecule has 112 valence electrons. The molecule has 0 amide bonds. The van der Waals surface area contributed by atoms with Crippen LogP contribution in [0.5, 0.6) is 5.75 Å². The largest absolute Gasteiger partial charge is 0.494 e. The molecular formula is C15H18N2O4. The van der Waals surface area contributed by atoms with Gasteiger partial charge in [-0.2, -0.15) is 0 Å². The number of ether oxygens (including phenoxy) is 1. The molecular weight excluding hydrogens is 272 g/mol. The van der Waals surface area contributed by atoms with Crippen molar-refractivity contribution in [2.45, 2.75) is 26.8 Å². The van der Waals surface area contributed by atoms with Crippen molar-refractivity contribution >= 4 is 11.4 Å². The molecule has 2 aromatic rings. The monoisotopic (exact) mass is 290 g/mol. The maximum atomic E-state index is 11.1. The highest BCUT2D eigenvalue weighted by Gasteiger charge is 2.15. The Morgan fingerprint density at radius 2 is 2.00 bits per heavy atom. The number of nitrogens with zero attached hydrogens (tertiary/aromatic N) is 1. The molecule has 1 aromatic carbocycles. The van der Waals surface area contributed by atoms with E-state index in [4.69, 9.17) is 9.15 Å². The van der Waals surface area contributed by atoms with E-state index in [1.807, 2.05) is 26.0 Å². The molecule has 0 spiro atoms. The Labute approximate surface area is 122 Å². The Hall–Kier alpha value is -2.50. The molecule has 0 radical (unpaired) electrons. The van der Waals surface area contributed by atoms with Crippen LogP contribution in [0, 0.1) is 10.1 Å². The maximum Gasteiger partial charge on any atom is 0.296 e. The molecule has 0 saturated heterocycles. The van der Waals surface area contributed by atoms with Gasteiger partial charge < -0.3 is 14.5 Å². The van der Waals surface area contributed by atoms with Gasteiger partial charge in [-0.05, 0) is 31.2 Å². The van der Waals surface area contributed by atoms with E-state index in [0.29, 0.717) is 24.6 Å². The molecule has 0 bridgehead atoms. The van der Waals surface area contributed by atoms with Crippen LogP contribution < -0.4 is 10.1 Å². The molecule has 0 unspecified atom stereocenters. The van der Waals surface area contributed by atoms with E-state index in [2.05, 4.69) is 5.32 Å². The number of furan rings is 1. The molecule has 0 aliphatic heterocycles. The van der Waals surface area contributed by atoms with Gasteiger partial charge in [-0.15, -0.1) is 0 Å². The molecule has 21 heavy (non-hydrogen) atoms. The van der Waals surface area contributed by atoms with E-state index in [1.54, 1.807) is 12.1 Å². The summed E-state index contributed by atoms with van der Waals surface area (Å²) in [6, 6.07) is 8.55. The lowest BCUT2D eigenvalue weighted by Crippen LogP contribution is -2.02. The second-order valence-corrected chi connectivity index (χ2v) is 4.44.